The van der Waals surface area contributed by atoms with Crippen molar-refractivity contribution >= 4 is 17.4 Å². The summed E-state index contributed by atoms with van der Waals surface area (Å²) in [5, 5.41) is 0. The zero-order chi connectivity index (χ0) is 25.8. The Morgan fingerprint density at radius 3 is 2.61 bits per heavy atom. The lowest BCUT2D eigenvalue weighted by Crippen LogP contribution is -2.45. The lowest BCUT2D eigenvalue weighted by atomic mass is 10.2. The number of aromatic nitrogens is 2. The number of hydrogen-bond donors (Lipinski definition) is 2. The van der Waals surface area contributed by atoms with Gasteiger partial charge in [0.2, 0.25) is 5.91 Å². The summed E-state index contributed by atoms with van der Waals surface area (Å²) < 4.78 is 12.4. The van der Waals surface area contributed by atoms with Crippen LogP contribution in [-0.2, 0) is 22.6 Å². The Kier molecular flexibility index (Phi) is 7.76. The van der Waals surface area contributed by atoms with Crippen molar-refractivity contribution in [3.8, 4) is 0 Å². The molecule has 10 nitrogen and oxygen atoms in total. The number of methoxy groups -OCH3 is 1. The average molecular weight is 496 g/mol. The van der Waals surface area contributed by atoms with Crippen molar-refractivity contribution in [1.29, 1.82) is 0 Å². The molecule has 2 atom stereocenters. The molecule has 0 unspecified atom stereocenters. The lowest BCUT2D eigenvalue weighted by molar-refractivity contribution is -0.119. The van der Waals surface area contributed by atoms with Crippen LogP contribution in [0.3, 0.4) is 0 Å². The molecule has 2 aromatic heterocycles. The second-order valence-electron chi connectivity index (χ2n) is 9.40. The Morgan fingerprint density at radius 2 is 1.94 bits per heavy atom. The molecule has 0 aliphatic heterocycles. The number of likely N-dealkylation sites (N-methyl/N-ethyl adjacent to an activating group) is 1. The van der Waals surface area contributed by atoms with Gasteiger partial charge in [-0.2, -0.15) is 0 Å². The van der Waals surface area contributed by atoms with Crippen LogP contribution in [0.1, 0.15) is 36.3 Å². The minimum absolute atomic E-state index is 0.0102. The second-order valence-corrected chi connectivity index (χ2v) is 9.40. The third kappa shape index (κ3) is 5.77. The van der Waals surface area contributed by atoms with Gasteiger partial charge >= 0.3 is 5.69 Å². The number of nitrogens with two attached hydrogens (primary N) is 1. The van der Waals surface area contributed by atoms with Crippen LogP contribution in [0.2, 0.25) is 0 Å². The van der Waals surface area contributed by atoms with Crippen molar-refractivity contribution in [1.82, 2.24) is 14.5 Å². The number of H-pyrrole nitrogens is 1. The summed E-state index contributed by atoms with van der Waals surface area (Å²) in [6.45, 7) is 3.09. The Labute approximate surface area is 209 Å². The van der Waals surface area contributed by atoms with E-state index in [9.17, 15) is 14.4 Å². The Bertz CT molecular complexity index is 1310. The van der Waals surface area contributed by atoms with Crippen LogP contribution >= 0.6 is 0 Å². The number of benzene rings is 1. The van der Waals surface area contributed by atoms with Crippen LogP contribution in [0, 0.1) is 5.92 Å². The fourth-order valence-corrected chi connectivity index (χ4v) is 4.34. The van der Waals surface area contributed by atoms with Gasteiger partial charge in [0, 0.05) is 19.6 Å². The molecule has 2 heterocycles. The molecular weight excluding hydrogens is 462 g/mol. The van der Waals surface area contributed by atoms with Crippen LogP contribution in [0.4, 0.5) is 11.5 Å². The number of hydrogen-bond acceptors (Lipinski definition) is 7. The molecule has 36 heavy (non-hydrogen) atoms. The van der Waals surface area contributed by atoms with Gasteiger partial charge < -0.3 is 19.8 Å². The van der Waals surface area contributed by atoms with Gasteiger partial charge in [-0.15, -0.1) is 0 Å². The van der Waals surface area contributed by atoms with Crippen molar-refractivity contribution in [2.24, 2.45) is 5.92 Å². The van der Waals surface area contributed by atoms with Crippen LogP contribution in [0.15, 0.2) is 56.5 Å². The number of rotatable bonds is 11. The second kappa shape index (κ2) is 11.0. The van der Waals surface area contributed by atoms with Gasteiger partial charge in [0.05, 0.1) is 26.2 Å². The van der Waals surface area contributed by atoms with Crippen LogP contribution in [0.5, 0.6) is 0 Å². The molecule has 0 saturated heterocycles. The van der Waals surface area contributed by atoms with Gasteiger partial charge in [0.15, 0.2) is 5.69 Å². The summed E-state index contributed by atoms with van der Waals surface area (Å²) in [6, 6.07) is 13.2. The minimum atomic E-state index is -0.719. The first-order valence-corrected chi connectivity index (χ1v) is 12.0. The first kappa shape index (κ1) is 25.5. The van der Waals surface area contributed by atoms with Crippen molar-refractivity contribution in [2.45, 2.75) is 32.4 Å². The van der Waals surface area contributed by atoms with E-state index in [-0.39, 0.29) is 43.7 Å². The number of furan rings is 1. The van der Waals surface area contributed by atoms with Gasteiger partial charge in [-0.25, -0.2) is 4.79 Å². The van der Waals surface area contributed by atoms with Gasteiger partial charge in [-0.1, -0.05) is 37.3 Å². The van der Waals surface area contributed by atoms with Gasteiger partial charge in [-0.3, -0.25) is 24.0 Å². The molecule has 1 saturated carbocycles. The number of ether oxygens (including phenoxy) is 1. The van der Waals surface area contributed by atoms with E-state index in [2.05, 4.69) is 11.9 Å². The van der Waals surface area contributed by atoms with E-state index >= 15 is 0 Å². The van der Waals surface area contributed by atoms with E-state index in [1.807, 2.05) is 47.4 Å². The number of anilines is 2. The highest BCUT2D eigenvalue weighted by atomic mass is 16.5. The molecule has 3 N–H and O–H groups in total. The Morgan fingerprint density at radius 1 is 1.22 bits per heavy atom. The quantitative estimate of drug-likeness (QED) is 0.417. The minimum Gasteiger partial charge on any atom is -0.464 e. The standard InChI is InChI=1S/C26H33N5O5/c1-17-13-20(17)21-10-9-19(36-21)15-29(2)16-22(32)30(11-12-35-3)23-24(27)31(26(34)28-25(23)33)14-18-7-5-4-6-8-18/h4-10,17,20H,11-16,27H2,1-3H3,(H,28,33,34)/t17-,20+/m0/s1. The Hall–Kier alpha value is -3.63. The number of amides is 1. The van der Waals surface area contributed by atoms with Crippen molar-refractivity contribution in [3.63, 3.8) is 0 Å². The number of carbonyl (C=O) groups is 1. The van der Waals surface area contributed by atoms with Crippen LogP contribution < -0.4 is 21.9 Å². The van der Waals surface area contributed by atoms with Gasteiger partial charge in [-0.05, 0) is 37.1 Å². The van der Waals surface area contributed by atoms with Crippen molar-refractivity contribution in [2.75, 3.05) is 44.5 Å². The molecule has 1 aromatic carbocycles. The maximum Gasteiger partial charge on any atom is 0.330 e. The maximum atomic E-state index is 13.4. The first-order chi connectivity index (χ1) is 17.3. The number of aromatic amines is 1. The molecule has 3 aromatic rings. The van der Waals surface area contributed by atoms with E-state index in [1.54, 1.807) is 7.05 Å². The van der Waals surface area contributed by atoms with Crippen molar-refractivity contribution in [3.05, 3.63) is 80.4 Å². The van der Waals surface area contributed by atoms with Gasteiger partial charge in [0.25, 0.3) is 5.56 Å². The smallest absolute Gasteiger partial charge is 0.330 e. The number of nitrogens with zero attached hydrogens (tertiary/aromatic N) is 3. The van der Waals surface area contributed by atoms with Gasteiger partial charge in [0.1, 0.15) is 17.3 Å². The van der Waals surface area contributed by atoms with E-state index in [1.165, 1.54) is 16.6 Å². The zero-order valence-corrected chi connectivity index (χ0v) is 20.9. The highest BCUT2D eigenvalue weighted by molar-refractivity contribution is 5.96. The van der Waals surface area contributed by atoms with E-state index in [0.29, 0.717) is 18.4 Å². The largest absolute Gasteiger partial charge is 0.464 e. The predicted octanol–water partition coefficient (Wildman–Crippen LogP) is 1.99. The topological polar surface area (TPSA) is 127 Å². The SMILES string of the molecule is COCCN(C(=O)CN(C)Cc1ccc([C@@H]2C[C@@H]2C)o1)c1c(N)n(Cc2ccccc2)c(=O)[nH]c1=O. The molecule has 192 valence electrons. The van der Waals surface area contributed by atoms with E-state index in [4.69, 9.17) is 14.9 Å². The molecule has 10 heteroatoms. The Balaban J connectivity index is 1.55. The molecule has 1 fully saturated rings. The summed E-state index contributed by atoms with van der Waals surface area (Å²) in [6.07, 6.45) is 1.14. The highest BCUT2D eigenvalue weighted by Crippen LogP contribution is 2.47. The zero-order valence-electron chi connectivity index (χ0n) is 20.9. The summed E-state index contributed by atoms with van der Waals surface area (Å²) in [7, 11) is 3.31. The fourth-order valence-electron chi connectivity index (χ4n) is 4.34. The molecule has 0 radical (unpaired) electrons. The lowest BCUT2D eigenvalue weighted by Gasteiger charge is -2.26. The predicted molar refractivity (Wildman–Crippen MR) is 137 cm³/mol. The summed E-state index contributed by atoms with van der Waals surface area (Å²) >= 11 is 0. The van der Waals surface area contributed by atoms with Crippen LogP contribution in [-0.4, -0.2) is 54.2 Å². The third-order valence-corrected chi connectivity index (χ3v) is 6.48. The molecule has 0 bridgehead atoms. The first-order valence-electron chi connectivity index (χ1n) is 12.0. The molecule has 1 aliphatic carbocycles. The normalized spacial score (nSPS) is 16.9. The van der Waals surface area contributed by atoms with E-state index in [0.717, 1.165) is 23.5 Å². The monoisotopic (exact) mass is 495 g/mol. The molecule has 1 aliphatic rings. The summed E-state index contributed by atoms with van der Waals surface area (Å²) in [4.78, 5) is 44.2. The molecule has 4 rings (SSSR count). The summed E-state index contributed by atoms with van der Waals surface area (Å²) in [5.74, 6) is 2.46. The number of carbonyl (C=O) groups excluding carboxylic acids is 1. The van der Waals surface area contributed by atoms with E-state index < -0.39 is 11.2 Å². The number of nitrogens with one attached hydrogen (secondary N) is 1. The highest BCUT2D eigenvalue weighted by Gasteiger charge is 2.36. The average Bonchev–Trinajstić information content (AvgIpc) is 3.39. The fraction of sp³-hybridized carbons (Fsp3) is 0.423. The molecule has 0 spiro atoms. The maximum absolute atomic E-state index is 13.4. The molecule has 1 amide bonds. The van der Waals surface area contributed by atoms with Crippen LogP contribution in [0.25, 0.3) is 0 Å². The number of nitrogen functional groups attached to an aromatic ring is 1. The molecular formula is C26H33N5O5. The van der Waals surface area contributed by atoms with Crippen molar-refractivity contribution < 1.29 is 13.9 Å². The summed E-state index contributed by atoms with van der Waals surface area (Å²) in [5.41, 5.74) is 5.73. The third-order valence-electron chi connectivity index (χ3n) is 6.48.